The van der Waals surface area contributed by atoms with Crippen molar-refractivity contribution in [1.82, 2.24) is 4.90 Å². The maximum Gasteiger partial charge on any atom is 0.239 e. The van der Waals surface area contributed by atoms with Crippen molar-refractivity contribution in [3.8, 4) is 0 Å². The van der Waals surface area contributed by atoms with Crippen LogP contribution in [-0.2, 0) is 19.4 Å². The lowest BCUT2D eigenvalue weighted by Gasteiger charge is -2.33. The van der Waals surface area contributed by atoms with Crippen LogP contribution in [0.2, 0.25) is 0 Å². The number of nitrogens with two attached hydrogens (primary N) is 2. The molecule has 20 heavy (non-hydrogen) atoms. The minimum atomic E-state index is -3.11. The van der Waals surface area contributed by atoms with Gasteiger partial charge in [-0.2, -0.15) is 0 Å². The molecule has 1 atom stereocenters. The molecule has 4 N–H and O–H groups in total. The van der Waals surface area contributed by atoms with Gasteiger partial charge in [-0.25, -0.2) is 8.42 Å². The first kappa shape index (κ1) is 16.9. The van der Waals surface area contributed by atoms with Gasteiger partial charge in [-0.05, 0) is 25.2 Å². The first-order valence-electron chi connectivity index (χ1n) is 6.69. The van der Waals surface area contributed by atoms with Crippen LogP contribution in [0, 0.1) is 5.92 Å². The molecule has 8 heteroatoms. The molecule has 1 unspecified atom stereocenters. The molecule has 0 saturated carbocycles. The molecule has 1 heterocycles. The third-order valence-corrected chi connectivity index (χ3v) is 4.51. The summed E-state index contributed by atoms with van der Waals surface area (Å²) in [7, 11) is -3.11. The van der Waals surface area contributed by atoms with E-state index in [4.69, 9.17) is 11.5 Å². The highest BCUT2D eigenvalue weighted by atomic mass is 32.2. The molecule has 0 radical (unpaired) electrons. The smallest absolute Gasteiger partial charge is 0.239 e. The van der Waals surface area contributed by atoms with Crippen molar-refractivity contribution in [2.45, 2.75) is 31.7 Å². The van der Waals surface area contributed by atoms with Crippen molar-refractivity contribution in [1.29, 1.82) is 0 Å². The number of rotatable bonds is 6. The van der Waals surface area contributed by atoms with Crippen molar-refractivity contribution in [2.75, 3.05) is 25.1 Å². The van der Waals surface area contributed by atoms with Gasteiger partial charge < -0.3 is 16.4 Å². The van der Waals surface area contributed by atoms with Crippen LogP contribution in [0.3, 0.4) is 0 Å². The van der Waals surface area contributed by atoms with E-state index in [1.807, 2.05) is 0 Å². The third kappa shape index (κ3) is 5.87. The Bertz CT molecular complexity index is 455. The number of carbonyl (C=O) groups is 2. The molecule has 2 amide bonds. The minimum Gasteiger partial charge on any atom is -0.370 e. The fourth-order valence-electron chi connectivity index (χ4n) is 2.34. The lowest BCUT2D eigenvalue weighted by Crippen LogP contribution is -2.48. The molecule has 1 fully saturated rings. The Kier molecular flexibility index (Phi) is 5.94. The summed E-state index contributed by atoms with van der Waals surface area (Å²) in [5.74, 6) is -0.396. The predicted octanol–water partition coefficient (Wildman–Crippen LogP) is -1.14. The minimum absolute atomic E-state index is 0.0853. The number of primary amides is 1. The van der Waals surface area contributed by atoms with Gasteiger partial charge in [0.1, 0.15) is 9.84 Å². The van der Waals surface area contributed by atoms with E-state index in [0.717, 1.165) is 19.1 Å². The van der Waals surface area contributed by atoms with Gasteiger partial charge >= 0.3 is 0 Å². The van der Waals surface area contributed by atoms with Crippen LogP contribution < -0.4 is 11.5 Å². The molecule has 0 bridgehead atoms. The number of likely N-dealkylation sites (tertiary alicyclic amines) is 1. The molecule has 0 aliphatic carbocycles. The van der Waals surface area contributed by atoms with E-state index in [2.05, 4.69) is 0 Å². The summed E-state index contributed by atoms with van der Waals surface area (Å²) in [4.78, 5) is 24.5. The number of sulfone groups is 1. The third-order valence-electron chi connectivity index (χ3n) is 3.53. The summed E-state index contributed by atoms with van der Waals surface area (Å²) >= 11 is 0. The Morgan fingerprint density at radius 3 is 2.30 bits per heavy atom. The van der Waals surface area contributed by atoms with Gasteiger partial charge in [-0.1, -0.05) is 0 Å². The Hall–Kier alpha value is -1.15. The Labute approximate surface area is 119 Å². The maximum absolute atomic E-state index is 12.1. The normalized spacial score (nSPS) is 18.8. The lowest BCUT2D eigenvalue weighted by atomic mass is 9.93. The molecule has 0 spiro atoms. The standard InChI is InChI=1S/C12H23N3O4S/c1-20(18,19)7-4-10(13)12(17)15-5-2-9(3-6-15)8-11(14)16/h9-10H,2-8,13H2,1H3,(H2,14,16). The molecular formula is C12H23N3O4S. The van der Waals surface area contributed by atoms with Gasteiger partial charge in [0.05, 0.1) is 11.8 Å². The number of amides is 2. The van der Waals surface area contributed by atoms with E-state index in [9.17, 15) is 18.0 Å². The van der Waals surface area contributed by atoms with Crippen molar-refractivity contribution in [3.63, 3.8) is 0 Å². The number of hydrogen-bond acceptors (Lipinski definition) is 5. The molecule has 116 valence electrons. The predicted molar refractivity (Wildman–Crippen MR) is 75.4 cm³/mol. The molecular weight excluding hydrogens is 282 g/mol. The van der Waals surface area contributed by atoms with E-state index in [-0.39, 0.29) is 29.9 Å². The second-order valence-corrected chi connectivity index (χ2v) is 7.72. The van der Waals surface area contributed by atoms with E-state index >= 15 is 0 Å². The van der Waals surface area contributed by atoms with Crippen LogP contribution in [0.25, 0.3) is 0 Å². The molecule has 0 aromatic rings. The summed E-state index contributed by atoms with van der Waals surface area (Å²) in [6, 6.07) is -0.780. The van der Waals surface area contributed by atoms with Crippen LogP contribution in [0.5, 0.6) is 0 Å². The topological polar surface area (TPSA) is 124 Å². The molecule has 0 aromatic heterocycles. The largest absolute Gasteiger partial charge is 0.370 e. The Morgan fingerprint density at radius 2 is 1.85 bits per heavy atom. The molecule has 1 saturated heterocycles. The highest BCUT2D eigenvalue weighted by Gasteiger charge is 2.27. The quantitative estimate of drug-likeness (QED) is 0.642. The Morgan fingerprint density at radius 1 is 1.30 bits per heavy atom. The maximum atomic E-state index is 12.1. The van der Waals surface area contributed by atoms with Gasteiger partial charge in [0, 0.05) is 25.8 Å². The monoisotopic (exact) mass is 305 g/mol. The average molecular weight is 305 g/mol. The summed E-state index contributed by atoms with van der Waals surface area (Å²) in [6.45, 7) is 1.09. The zero-order valence-electron chi connectivity index (χ0n) is 11.7. The van der Waals surface area contributed by atoms with Gasteiger partial charge in [0.25, 0.3) is 0 Å². The van der Waals surface area contributed by atoms with Crippen molar-refractivity contribution >= 4 is 21.7 Å². The number of carbonyl (C=O) groups excluding carboxylic acids is 2. The van der Waals surface area contributed by atoms with Gasteiger partial charge in [0.2, 0.25) is 11.8 Å². The van der Waals surface area contributed by atoms with E-state index in [0.29, 0.717) is 19.5 Å². The summed E-state index contributed by atoms with van der Waals surface area (Å²) in [6.07, 6.45) is 3.07. The van der Waals surface area contributed by atoms with Gasteiger partial charge in [0.15, 0.2) is 0 Å². The van der Waals surface area contributed by atoms with Gasteiger partial charge in [-0.15, -0.1) is 0 Å². The zero-order chi connectivity index (χ0) is 15.3. The SMILES string of the molecule is CS(=O)(=O)CCC(N)C(=O)N1CCC(CC(N)=O)CC1. The average Bonchev–Trinajstić information content (AvgIpc) is 2.34. The highest BCUT2D eigenvalue weighted by Crippen LogP contribution is 2.20. The van der Waals surface area contributed by atoms with Crippen molar-refractivity contribution in [3.05, 3.63) is 0 Å². The van der Waals surface area contributed by atoms with Crippen LogP contribution in [0.4, 0.5) is 0 Å². The van der Waals surface area contributed by atoms with Gasteiger partial charge in [-0.3, -0.25) is 9.59 Å². The molecule has 7 nitrogen and oxygen atoms in total. The summed E-state index contributed by atoms with van der Waals surface area (Å²) in [5.41, 5.74) is 10.9. The summed E-state index contributed by atoms with van der Waals surface area (Å²) < 4.78 is 22.1. The Balaban J connectivity index is 2.40. The molecule has 0 aromatic carbocycles. The second kappa shape index (κ2) is 7.03. The van der Waals surface area contributed by atoms with Crippen LogP contribution in [0.1, 0.15) is 25.7 Å². The van der Waals surface area contributed by atoms with E-state index < -0.39 is 15.9 Å². The van der Waals surface area contributed by atoms with E-state index in [1.54, 1.807) is 4.90 Å². The number of hydrogen-bond donors (Lipinski definition) is 2. The fraction of sp³-hybridized carbons (Fsp3) is 0.833. The highest BCUT2D eigenvalue weighted by molar-refractivity contribution is 7.90. The second-order valence-electron chi connectivity index (χ2n) is 5.46. The number of nitrogens with zero attached hydrogens (tertiary/aromatic N) is 1. The van der Waals surface area contributed by atoms with Crippen LogP contribution in [-0.4, -0.2) is 56.3 Å². The van der Waals surface area contributed by atoms with Crippen LogP contribution in [0.15, 0.2) is 0 Å². The lowest BCUT2D eigenvalue weighted by molar-refractivity contribution is -0.134. The first-order chi connectivity index (χ1) is 9.19. The summed E-state index contributed by atoms with van der Waals surface area (Å²) in [5, 5.41) is 0. The zero-order valence-corrected chi connectivity index (χ0v) is 12.6. The van der Waals surface area contributed by atoms with Crippen molar-refractivity contribution in [2.24, 2.45) is 17.4 Å². The first-order valence-corrected chi connectivity index (χ1v) is 8.75. The van der Waals surface area contributed by atoms with E-state index in [1.165, 1.54) is 0 Å². The number of piperidine rings is 1. The molecule has 1 aliphatic rings. The molecule has 1 rings (SSSR count). The van der Waals surface area contributed by atoms with Crippen molar-refractivity contribution < 1.29 is 18.0 Å². The van der Waals surface area contributed by atoms with Crippen LogP contribution >= 0.6 is 0 Å². The molecule has 1 aliphatic heterocycles. The fourth-order valence-corrected chi connectivity index (χ4v) is 3.02.